The van der Waals surface area contributed by atoms with E-state index in [1.807, 2.05) is 6.92 Å². The highest BCUT2D eigenvalue weighted by Gasteiger charge is 2.21. The van der Waals surface area contributed by atoms with Crippen LogP contribution in [-0.2, 0) is 16.6 Å². The lowest BCUT2D eigenvalue weighted by Gasteiger charge is -2.18. The van der Waals surface area contributed by atoms with Crippen molar-refractivity contribution in [2.45, 2.75) is 46.1 Å². The summed E-state index contributed by atoms with van der Waals surface area (Å²) >= 11 is 1.50. The second-order valence-corrected chi connectivity index (χ2v) is 9.95. The van der Waals surface area contributed by atoms with Gasteiger partial charge in [-0.1, -0.05) is 37.3 Å². The van der Waals surface area contributed by atoms with E-state index in [0.717, 1.165) is 21.3 Å². The van der Waals surface area contributed by atoms with Crippen LogP contribution in [0.5, 0.6) is 0 Å². The highest BCUT2D eigenvalue weighted by atomic mass is 32.2. The summed E-state index contributed by atoms with van der Waals surface area (Å²) in [5.74, 6) is -0.383. The topological polar surface area (TPSA) is 71.7 Å². The second-order valence-electron chi connectivity index (χ2n) is 7.04. The molecule has 0 unspecified atom stereocenters. The standard InChI is InChI=1S/C22H27N3O3S2/c1-6-24(7-2)30(27,28)18-13-11-17(12-14-18)21(26)23-22-25(8-3)19-15(4)9-10-16(5)20(19)29-22/h9-14H,6-8H2,1-5H3. The predicted octanol–water partition coefficient (Wildman–Crippen LogP) is 4.11. The molecule has 0 saturated carbocycles. The molecule has 1 aromatic heterocycles. The first kappa shape index (κ1) is 22.4. The van der Waals surface area contributed by atoms with Crippen molar-refractivity contribution in [3.8, 4) is 0 Å². The molecular formula is C22H27N3O3S2. The van der Waals surface area contributed by atoms with Crippen molar-refractivity contribution < 1.29 is 13.2 Å². The van der Waals surface area contributed by atoms with Crippen molar-refractivity contribution in [3.05, 3.63) is 57.9 Å². The van der Waals surface area contributed by atoms with Crippen LogP contribution in [0.25, 0.3) is 10.2 Å². The summed E-state index contributed by atoms with van der Waals surface area (Å²) in [5.41, 5.74) is 3.77. The van der Waals surface area contributed by atoms with E-state index in [4.69, 9.17) is 0 Å². The van der Waals surface area contributed by atoms with Crippen molar-refractivity contribution >= 4 is 37.5 Å². The van der Waals surface area contributed by atoms with E-state index in [1.54, 1.807) is 13.8 Å². The number of amides is 1. The Labute approximate surface area is 181 Å². The van der Waals surface area contributed by atoms with E-state index in [-0.39, 0.29) is 10.8 Å². The van der Waals surface area contributed by atoms with Crippen LogP contribution in [0, 0.1) is 13.8 Å². The quantitative estimate of drug-likeness (QED) is 0.573. The first-order valence-corrected chi connectivity index (χ1v) is 12.3. The van der Waals surface area contributed by atoms with E-state index >= 15 is 0 Å². The average Bonchev–Trinajstić information content (AvgIpc) is 3.11. The maximum atomic E-state index is 12.8. The molecule has 6 nitrogen and oxygen atoms in total. The highest BCUT2D eigenvalue weighted by Crippen LogP contribution is 2.25. The number of aryl methyl sites for hydroxylation is 3. The lowest BCUT2D eigenvalue weighted by atomic mass is 10.1. The fraction of sp³-hybridized carbons (Fsp3) is 0.364. The molecule has 0 fully saturated rings. The van der Waals surface area contributed by atoms with Crippen LogP contribution < -0.4 is 4.80 Å². The molecule has 2 aromatic carbocycles. The Morgan fingerprint density at radius 1 is 1.00 bits per heavy atom. The number of benzene rings is 2. The van der Waals surface area contributed by atoms with Crippen LogP contribution in [-0.4, -0.2) is 36.3 Å². The van der Waals surface area contributed by atoms with Crippen molar-refractivity contribution in [2.24, 2.45) is 4.99 Å². The maximum Gasteiger partial charge on any atom is 0.279 e. The third-order valence-electron chi connectivity index (χ3n) is 5.18. The Kier molecular flexibility index (Phi) is 6.59. The van der Waals surface area contributed by atoms with Crippen LogP contribution >= 0.6 is 11.3 Å². The summed E-state index contributed by atoms with van der Waals surface area (Å²) in [4.78, 5) is 18.0. The van der Waals surface area contributed by atoms with Gasteiger partial charge in [0.05, 0.1) is 15.1 Å². The third kappa shape index (κ3) is 3.99. The number of aromatic nitrogens is 1. The number of hydrogen-bond donors (Lipinski definition) is 0. The van der Waals surface area contributed by atoms with Gasteiger partial charge in [0.2, 0.25) is 10.0 Å². The maximum absolute atomic E-state index is 12.8. The number of carbonyl (C=O) groups is 1. The van der Waals surface area contributed by atoms with Crippen LogP contribution in [0.15, 0.2) is 46.3 Å². The lowest BCUT2D eigenvalue weighted by Crippen LogP contribution is -2.30. The van der Waals surface area contributed by atoms with E-state index < -0.39 is 10.0 Å². The fourth-order valence-corrected chi connectivity index (χ4v) is 6.18. The Morgan fingerprint density at radius 2 is 1.60 bits per heavy atom. The monoisotopic (exact) mass is 445 g/mol. The van der Waals surface area contributed by atoms with Crippen LogP contribution in [0.4, 0.5) is 0 Å². The van der Waals surface area contributed by atoms with Gasteiger partial charge >= 0.3 is 0 Å². The van der Waals surface area contributed by atoms with E-state index in [9.17, 15) is 13.2 Å². The number of thiazole rings is 1. The molecule has 0 aliphatic heterocycles. The van der Waals surface area contributed by atoms with Crippen LogP contribution in [0.1, 0.15) is 42.3 Å². The minimum absolute atomic E-state index is 0.180. The van der Waals surface area contributed by atoms with Crippen LogP contribution in [0.3, 0.4) is 0 Å². The zero-order valence-corrected chi connectivity index (χ0v) is 19.6. The smallest absolute Gasteiger partial charge is 0.279 e. The molecular weight excluding hydrogens is 418 g/mol. The van der Waals surface area contributed by atoms with E-state index in [2.05, 4.69) is 35.5 Å². The number of rotatable bonds is 6. The molecule has 30 heavy (non-hydrogen) atoms. The van der Waals surface area contributed by atoms with Crippen molar-refractivity contribution in [1.29, 1.82) is 0 Å². The highest BCUT2D eigenvalue weighted by molar-refractivity contribution is 7.89. The average molecular weight is 446 g/mol. The minimum atomic E-state index is -3.55. The first-order chi connectivity index (χ1) is 14.2. The van der Waals surface area contributed by atoms with E-state index in [1.165, 1.54) is 39.9 Å². The number of fused-ring (bicyclic) bond motifs is 1. The Balaban J connectivity index is 2.02. The Bertz CT molecular complexity index is 1250. The SMILES string of the molecule is CCN(CC)S(=O)(=O)c1ccc(C(=O)N=c2sc3c(C)ccc(C)c3n2CC)cc1. The molecule has 0 bridgehead atoms. The summed E-state index contributed by atoms with van der Waals surface area (Å²) in [6.07, 6.45) is 0. The molecule has 0 aliphatic carbocycles. The minimum Gasteiger partial charge on any atom is -0.316 e. The molecule has 160 valence electrons. The number of sulfonamides is 1. The summed E-state index contributed by atoms with van der Waals surface area (Å²) in [7, 11) is -3.55. The van der Waals surface area contributed by atoms with Crippen molar-refractivity contribution in [1.82, 2.24) is 8.87 Å². The van der Waals surface area contributed by atoms with Crippen molar-refractivity contribution in [3.63, 3.8) is 0 Å². The van der Waals surface area contributed by atoms with Gasteiger partial charge in [-0.2, -0.15) is 9.30 Å². The molecule has 3 rings (SSSR count). The van der Waals surface area contributed by atoms with Crippen LogP contribution in [0.2, 0.25) is 0 Å². The predicted molar refractivity (Wildman–Crippen MR) is 121 cm³/mol. The van der Waals surface area contributed by atoms with Gasteiger partial charge in [0, 0.05) is 25.2 Å². The second kappa shape index (κ2) is 8.83. The van der Waals surface area contributed by atoms with Gasteiger partial charge in [0.25, 0.3) is 5.91 Å². The molecule has 0 radical (unpaired) electrons. The third-order valence-corrected chi connectivity index (χ3v) is 8.46. The summed E-state index contributed by atoms with van der Waals surface area (Å²) in [5, 5.41) is 0. The first-order valence-electron chi connectivity index (χ1n) is 10.0. The summed E-state index contributed by atoms with van der Waals surface area (Å²) in [6, 6.07) is 10.2. The van der Waals surface area contributed by atoms with Gasteiger partial charge in [-0.05, 0) is 56.2 Å². The van der Waals surface area contributed by atoms with Gasteiger partial charge in [-0.15, -0.1) is 0 Å². The van der Waals surface area contributed by atoms with Gasteiger partial charge in [0.15, 0.2) is 4.80 Å². The molecule has 0 N–H and O–H groups in total. The van der Waals surface area contributed by atoms with Gasteiger partial charge < -0.3 is 4.57 Å². The molecule has 0 atom stereocenters. The Hall–Kier alpha value is -2.29. The number of carbonyl (C=O) groups excluding carboxylic acids is 1. The van der Waals surface area contributed by atoms with Gasteiger partial charge in [-0.25, -0.2) is 8.42 Å². The molecule has 1 heterocycles. The summed E-state index contributed by atoms with van der Waals surface area (Å²) < 4.78 is 29.8. The zero-order valence-electron chi connectivity index (χ0n) is 18.0. The van der Waals surface area contributed by atoms with E-state index in [0.29, 0.717) is 30.0 Å². The molecule has 0 saturated heterocycles. The number of hydrogen-bond acceptors (Lipinski definition) is 4. The van der Waals surface area contributed by atoms with Crippen molar-refractivity contribution in [2.75, 3.05) is 13.1 Å². The molecule has 0 spiro atoms. The summed E-state index contributed by atoms with van der Waals surface area (Å²) in [6.45, 7) is 11.2. The lowest BCUT2D eigenvalue weighted by molar-refractivity contribution is 0.0997. The fourth-order valence-electron chi connectivity index (χ4n) is 3.49. The van der Waals surface area contributed by atoms with Gasteiger partial charge in [-0.3, -0.25) is 4.79 Å². The molecule has 0 aliphatic rings. The molecule has 3 aromatic rings. The number of nitrogens with zero attached hydrogens (tertiary/aromatic N) is 3. The largest absolute Gasteiger partial charge is 0.316 e. The Morgan fingerprint density at radius 3 is 2.17 bits per heavy atom. The normalized spacial score (nSPS) is 12.8. The zero-order chi connectivity index (χ0) is 22.1. The van der Waals surface area contributed by atoms with Gasteiger partial charge in [0.1, 0.15) is 0 Å². The molecule has 1 amide bonds. The molecule has 8 heteroatoms.